The van der Waals surface area contributed by atoms with Crippen LogP contribution in [0.1, 0.15) is 23.1 Å². The zero-order chi connectivity index (χ0) is 29.6. The van der Waals surface area contributed by atoms with Gasteiger partial charge < -0.3 is 20.3 Å². The Hall–Kier alpha value is -3.99. The van der Waals surface area contributed by atoms with Gasteiger partial charge in [0.05, 0.1) is 13.2 Å². The van der Waals surface area contributed by atoms with E-state index < -0.39 is 28.0 Å². The van der Waals surface area contributed by atoms with Crippen LogP contribution in [0, 0.1) is 0 Å². The van der Waals surface area contributed by atoms with Crippen molar-refractivity contribution in [3.63, 3.8) is 0 Å². The third kappa shape index (κ3) is 10.4. The highest BCUT2D eigenvalue weighted by atomic mass is 32.2. The van der Waals surface area contributed by atoms with Crippen molar-refractivity contribution in [1.29, 1.82) is 0 Å². The lowest BCUT2D eigenvalue weighted by molar-refractivity contribution is -0.123. The van der Waals surface area contributed by atoms with Gasteiger partial charge in [0.25, 0.3) is 0 Å². The number of hydrogen-bond donors (Lipinski definition) is 3. The molecule has 2 atom stereocenters. The fourth-order valence-corrected chi connectivity index (χ4v) is 5.42. The van der Waals surface area contributed by atoms with Crippen LogP contribution in [-0.2, 0) is 38.9 Å². The first-order valence-electron chi connectivity index (χ1n) is 14.1. The summed E-state index contributed by atoms with van der Waals surface area (Å²) in [5.41, 5.74) is 2.80. The Morgan fingerprint density at radius 3 is 2.00 bits per heavy atom. The number of nitrogens with one attached hydrogen (secondary N) is 3. The fraction of sp³-hybridized carbons (Fsp3) is 0.312. The summed E-state index contributed by atoms with van der Waals surface area (Å²) in [6.07, 6.45) is 2.87. The monoisotopic (exact) mass is 590 g/mol. The van der Waals surface area contributed by atoms with E-state index >= 15 is 0 Å². The van der Waals surface area contributed by atoms with E-state index in [1.165, 1.54) is 6.08 Å². The first-order valence-corrected chi connectivity index (χ1v) is 15.7. The number of benzene rings is 3. The Kier molecular flexibility index (Phi) is 11.7. The normalized spacial score (nSPS) is 15.2. The van der Waals surface area contributed by atoms with Crippen LogP contribution in [-0.4, -0.2) is 63.6 Å². The highest BCUT2D eigenvalue weighted by molar-refractivity contribution is 7.92. The molecule has 1 heterocycles. The molecule has 3 amide bonds. The van der Waals surface area contributed by atoms with Crippen molar-refractivity contribution >= 4 is 22.0 Å². The van der Waals surface area contributed by atoms with E-state index in [0.717, 1.165) is 22.1 Å². The molecule has 42 heavy (non-hydrogen) atoms. The summed E-state index contributed by atoms with van der Waals surface area (Å²) in [6.45, 7) is 1.94. The number of hydrogen-bond acceptors (Lipinski definition) is 5. The zero-order valence-electron chi connectivity index (χ0n) is 23.5. The summed E-state index contributed by atoms with van der Waals surface area (Å²) < 4.78 is 33.5. The van der Waals surface area contributed by atoms with E-state index in [1.807, 2.05) is 91.0 Å². The van der Waals surface area contributed by atoms with Gasteiger partial charge in [0.15, 0.2) is 0 Å². The van der Waals surface area contributed by atoms with Gasteiger partial charge in [-0.05, 0) is 35.6 Å². The van der Waals surface area contributed by atoms with Crippen molar-refractivity contribution in [3.05, 3.63) is 119 Å². The molecule has 0 unspecified atom stereocenters. The molecule has 0 aliphatic carbocycles. The highest BCUT2D eigenvalue weighted by Crippen LogP contribution is 2.10. The van der Waals surface area contributed by atoms with Gasteiger partial charge in [0, 0.05) is 37.5 Å². The SMILES string of the molecule is O=C(N[C@H](/C=C/S(=O)(=O)NCc1ccccc1)CCc1ccccc1)[C@H](Cc1ccccc1)NC(=O)N1CCOCC1. The van der Waals surface area contributed by atoms with E-state index in [0.29, 0.717) is 39.1 Å². The molecule has 9 nitrogen and oxygen atoms in total. The summed E-state index contributed by atoms with van der Waals surface area (Å²) in [6, 6.07) is 26.7. The minimum atomic E-state index is -3.77. The lowest BCUT2D eigenvalue weighted by atomic mass is 10.0. The van der Waals surface area contributed by atoms with Gasteiger partial charge in [0.2, 0.25) is 15.9 Å². The third-order valence-electron chi connectivity index (χ3n) is 6.92. The minimum absolute atomic E-state index is 0.154. The van der Waals surface area contributed by atoms with E-state index in [4.69, 9.17) is 4.74 Å². The summed E-state index contributed by atoms with van der Waals surface area (Å²) >= 11 is 0. The number of carbonyl (C=O) groups is 2. The van der Waals surface area contributed by atoms with Gasteiger partial charge in [-0.25, -0.2) is 17.9 Å². The molecule has 3 N–H and O–H groups in total. The fourth-order valence-electron chi connectivity index (χ4n) is 4.56. The Morgan fingerprint density at radius 1 is 0.810 bits per heavy atom. The number of morpholine rings is 1. The van der Waals surface area contributed by atoms with Crippen molar-refractivity contribution in [3.8, 4) is 0 Å². The topological polar surface area (TPSA) is 117 Å². The number of aryl methyl sites for hydroxylation is 1. The number of carbonyl (C=O) groups excluding carboxylic acids is 2. The number of urea groups is 1. The lowest BCUT2D eigenvalue weighted by Gasteiger charge is -2.29. The van der Waals surface area contributed by atoms with Crippen molar-refractivity contribution in [2.24, 2.45) is 0 Å². The second kappa shape index (κ2) is 15.9. The molecule has 3 aromatic rings. The van der Waals surface area contributed by atoms with E-state index in [2.05, 4.69) is 15.4 Å². The minimum Gasteiger partial charge on any atom is -0.378 e. The maximum absolute atomic E-state index is 13.7. The van der Waals surface area contributed by atoms with Gasteiger partial charge in [-0.3, -0.25) is 4.79 Å². The Labute approximate surface area is 248 Å². The van der Waals surface area contributed by atoms with Crippen LogP contribution in [0.2, 0.25) is 0 Å². The van der Waals surface area contributed by atoms with Crippen molar-refractivity contribution in [2.45, 2.75) is 37.9 Å². The number of rotatable bonds is 13. The molecule has 3 aromatic carbocycles. The predicted octanol–water partition coefficient (Wildman–Crippen LogP) is 3.39. The summed E-state index contributed by atoms with van der Waals surface area (Å²) in [5.74, 6) is -0.391. The average Bonchev–Trinajstić information content (AvgIpc) is 3.03. The molecule has 4 rings (SSSR count). The van der Waals surface area contributed by atoms with Crippen LogP contribution < -0.4 is 15.4 Å². The van der Waals surface area contributed by atoms with Crippen molar-refractivity contribution < 1.29 is 22.7 Å². The molecule has 222 valence electrons. The molecule has 1 saturated heterocycles. The lowest BCUT2D eigenvalue weighted by Crippen LogP contribution is -2.55. The number of nitrogens with zero attached hydrogens (tertiary/aromatic N) is 1. The van der Waals surface area contributed by atoms with Crippen LogP contribution in [0.3, 0.4) is 0 Å². The molecular formula is C32H38N4O5S. The van der Waals surface area contributed by atoms with Gasteiger partial charge in [-0.15, -0.1) is 0 Å². The van der Waals surface area contributed by atoms with E-state index in [1.54, 1.807) is 4.90 Å². The maximum atomic E-state index is 13.7. The molecular weight excluding hydrogens is 552 g/mol. The quantitative estimate of drug-likeness (QED) is 0.282. The number of amides is 3. The summed E-state index contributed by atoms with van der Waals surface area (Å²) in [7, 11) is -3.77. The second-order valence-corrected chi connectivity index (χ2v) is 11.8. The van der Waals surface area contributed by atoms with Crippen molar-refractivity contribution in [2.75, 3.05) is 26.3 Å². The van der Waals surface area contributed by atoms with Gasteiger partial charge in [0.1, 0.15) is 6.04 Å². The molecule has 1 aliphatic heterocycles. The number of ether oxygens (including phenoxy) is 1. The van der Waals surface area contributed by atoms with Gasteiger partial charge in [-0.1, -0.05) is 91.0 Å². The van der Waals surface area contributed by atoms with E-state index in [-0.39, 0.29) is 19.0 Å². The second-order valence-electron chi connectivity index (χ2n) is 10.1. The maximum Gasteiger partial charge on any atom is 0.318 e. The van der Waals surface area contributed by atoms with Crippen LogP contribution in [0.15, 0.2) is 102 Å². The first-order chi connectivity index (χ1) is 20.4. The predicted molar refractivity (Wildman–Crippen MR) is 163 cm³/mol. The summed E-state index contributed by atoms with van der Waals surface area (Å²) in [5, 5.41) is 6.98. The van der Waals surface area contributed by atoms with Crippen molar-refractivity contribution in [1.82, 2.24) is 20.3 Å². The molecule has 0 saturated carbocycles. The Morgan fingerprint density at radius 2 is 1.38 bits per heavy atom. The Bertz CT molecular complexity index is 1400. The van der Waals surface area contributed by atoms with Crippen LogP contribution in [0.4, 0.5) is 4.79 Å². The first kappa shape index (κ1) is 31.0. The van der Waals surface area contributed by atoms with E-state index in [9.17, 15) is 18.0 Å². The van der Waals surface area contributed by atoms with Gasteiger partial charge >= 0.3 is 6.03 Å². The smallest absolute Gasteiger partial charge is 0.318 e. The third-order valence-corrected chi connectivity index (χ3v) is 7.98. The molecule has 0 aromatic heterocycles. The van der Waals surface area contributed by atoms with Gasteiger partial charge in [-0.2, -0.15) is 0 Å². The average molecular weight is 591 g/mol. The molecule has 0 bridgehead atoms. The largest absolute Gasteiger partial charge is 0.378 e. The molecule has 1 aliphatic rings. The van der Waals surface area contributed by atoms with Crippen LogP contribution >= 0.6 is 0 Å². The molecule has 1 fully saturated rings. The highest BCUT2D eigenvalue weighted by Gasteiger charge is 2.26. The van der Waals surface area contributed by atoms with Crippen LogP contribution in [0.5, 0.6) is 0 Å². The number of sulfonamides is 1. The summed E-state index contributed by atoms with van der Waals surface area (Å²) in [4.78, 5) is 28.3. The zero-order valence-corrected chi connectivity index (χ0v) is 24.3. The van der Waals surface area contributed by atoms with Crippen LogP contribution in [0.25, 0.3) is 0 Å². The molecule has 0 spiro atoms. The standard InChI is InChI=1S/C32H38N4O5S/c37-31(30(24-27-12-6-2-7-13-27)35-32(38)36-19-21-41-22-20-36)34-29(17-16-26-10-4-1-5-11-26)18-23-42(39,40)33-25-28-14-8-3-9-15-28/h1-15,18,23,29-30,33H,16-17,19-22,24-25H2,(H,34,37)(H,35,38)/b23-18+/t29-,30-/m0/s1. The molecule has 0 radical (unpaired) electrons. The molecule has 10 heteroatoms. The Balaban J connectivity index is 1.48.